The highest BCUT2D eigenvalue weighted by Crippen LogP contribution is 2.29. The van der Waals surface area contributed by atoms with Gasteiger partial charge in [-0.05, 0) is 0 Å². The molecule has 0 bridgehead atoms. The Kier molecular flexibility index (Phi) is 3.71. The van der Waals surface area contributed by atoms with Gasteiger partial charge in [0, 0.05) is 24.2 Å². The molecule has 1 saturated heterocycles. The van der Waals surface area contributed by atoms with E-state index in [1.807, 2.05) is 0 Å². The van der Waals surface area contributed by atoms with E-state index in [9.17, 15) is 18.4 Å². The van der Waals surface area contributed by atoms with E-state index in [4.69, 9.17) is 0 Å². The summed E-state index contributed by atoms with van der Waals surface area (Å²) in [4.78, 5) is 28.1. The van der Waals surface area contributed by atoms with Gasteiger partial charge in [0.15, 0.2) is 0 Å². The number of carbonyl (C=O) groups is 2. The van der Waals surface area contributed by atoms with Crippen LogP contribution < -0.4 is 5.32 Å². The summed E-state index contributed by atoms with van der Waals surface area (Å²) in [7, 11) is 0. The first-order valence-electron chi connectivity index (χ1n) is 5.66. The summed E-state index contributed by atoms with van der Waals surface area (Å²) in [6.07, 6.45) is 1.35. The lowest BCUT2D eigenvalue weighted by Crippen LogP contribution is -2.40. The normalized spacial score (nSPS) is 20.5. The highest BCUT2D eigenvalue weighted by Gasteiger charge is 2.36. The van der Waals surface area contributed by atoms with Crippen molar-refractivity contribution in [3.05, 3.63) is 29.3 Å². The Labute approximate surface area is 119 Å². The van der Waals surface area contributed by atoms with E-state index in [1.54, 1.807) is 0 Å². The van der Waals surface area contributed by atoms with E-state index in [2.05, 4.69) is 10.3 Å². The van der Waals surface area contributed by atoms with Crippen molar-refractivity contribution >= 4 is 36.2 Å². The lowest BCUT2D eigenvalue weighted by Gasteiger charge is -2.28. The van der Waals surface area contributed by atoms with E-state index in [1.165, 1.54) is 11.2 Å². The molecule has 1 atom stereocenters. The molecule has 0 aliphatic carbocycles. The Bertz CT molecular complexity index is 621. The number of hydrogen-bond acceptors (Lipinski definition) is 4. The molecule has 1 aromatic rings. The fraction of sp³-hybridized carbons (Fsp3) is 0.250. The van der Waals surface area contributed by atoms with Gasteiger partial charge < -0.3 is 4.90 Å². The Morgan fingerprint density at radius 2 is 2.05 bits per heavy atom. The van der Waals surface area contributed by atoms with Crippen LogP contribution in [-0.2, 0) is 16.1 Å². The minimum absolute atomic E-state index is 0. The van der Waals surface area contributed by atoms with Gasteiger partial charge in [0.1, 0.15) is 17.7 Å². The maximum absolute atomic E-state index is 13.7. The maximum Gasteiger partial charge on any atom is 0.249 e. The fourth-order valence-corrected chi connectivity index (χ4v) is 2.22. The van der Waals surface area contributed by atoms with Gasteiger partial charge in [-0.25, -0.2) is 13.8 Å². The van der Waals surface area contributed by atoms with Gasteiger partial charge in [0.25, 0.3) is 0 Å². The van der Waals surface area contributed by atoms with Crippen LogP contribution in [0.3, 0.4) is 0 Å². The molecule has 1 N–H and O–H groups in total. The molecule has 2 aliphatic rings. The van der Waals surface area contributed by atoms with Crippen LogP contribution in [0.2, 0.25) is 0 Å². The van der Waals surface area contributed by atoms with Gasteiger partial charge in [-0.1, -0.05) is 0 Å². The van der Waals surface area contributed by atoms with Crippen molar-refractivity contribution < 1.29 is 18.4 Å². The van der Waals surface area contributed by atoms with Crippen LogP contribution >= 0.6 is 12.4 Å². The first kappa shape index (κ1) is 14.4. The molecule has 0 spiro atoms. The van der Waals surface area contributed by atoms with Gasteiger partial charge in [-0.15, -0.1) is 12.4 Å². The molecule has 1 unspecified atom stereocenters. The minimum Gasteiger partial charge on any atom is -0.345 e. The summed E-state index contributed by atoms with van der Waals surface area (Å²) < 4.78 is 26.7. The number of hydrogen-bond donors (Lipinski definition) is 1. The molecule has 0 radical (unpaired) electrons. The van der Waals surface area contributed by atoms with Crippen LogP contribution in [0.25, 0.3) is 0 Å². The smallest absolute Gasteiger partial charge is 0.249 e. The molecule has 2 amide bonds. The SMILES string of the molecule is Cl.O=C1CC(N2C=Nc3cc(F)cc(F)c3C2)C(=O)N1. The molecule has 106 valence electrons. The van der Waals surface area contributed by atoms with Crippen molar-refractivity contribution in [1.82, 2.24) is 10.2 Å². The predicted molar refractivity (Wildman–Crippen MR) is 68.9 cm³/mol. The number of nitrogens with zero attached hydrogens (tertiary/aromatic N) is 2. The Morgan fingerprint density at radius 3 is 2.70 bits per heavy atom. The van der Waals surface area contributed by atoms with Crippen molar-refractivity contribution in [3.63, 3.8) is 0 Å². The van der Waals surface area contributed by atoms with Gasteiger partial charge >= 0.3 is 0 Å². The molecule has 3 rings (SSSR count). The molecular weight excluding hydrogens is 292 g/mol. The lowest BCUT2D eigenvalue weighted by molar-refractivity contribution is -0.125. The highest BCUT2D eigenvalue weighted by atomic mass is 35.5. The Hall–Kier alpha value is -2.02. The number of amides is 2. The zero-order valence-corrected chi connectivity index (χ0v) is 10.9. The largest absolute Gasteiger partial charge is 0.345 e. The predicted octanol–water partition coefficient (Wildman–Crippen LogP) is 1.28. The molecule has 20 heavy (non-hydrogen) atoms. The van der Waals surface area contributed by atoms with Gasteiger partial charge in [0.05, 0.1) is 18.4 Å². The molecule has 5 nitrogen and oxygen atoms in total. The van der Waals surface area contributed by atoms with Crippen LogP contribution in [0.1, 0.15) is 12.0 Å². The third kappa shape index (κ3) is 2.36. The van der Waals surface area contributed by atoms with E-state index in [0.717, 1.165) is 12.1 Å². The zero-order chi connectivity index (χ0) is 13.6. The van der Waals surface area contributed by atoms with Crippen LogP contribution in [0.4, 0.5) is 14.5 Å². The topological polar surface area (TPSA) is 61.8 Å². The molecule has 1 aromatic carbocycles. The third-order valence-electron chi connectivity index (χ3n) is 3.17. The van der Waals surface area contributed by atoms with Crippen molar-refractivity contribution in [3.8, 4) is 0 Å². The van der Waals surface area contributed by atoms with Crippen molar-refractivity contribution in [1.29, 1.82) is 0 Å². The number of halogens is 3. The minimum atomic E-state index is -0.707. The Morgan fingerprint density at radius 1 is 1.30 bits per heavy atom. The second-order valence-corrected chi connectivity index (χ2v) is 4.43. The monoisotopic (exact) mass is 301 g/mol. The number of fused-ring (bicyclic) bond motifs is 1. The number of aliphatic imine (C=N–C) groups is 1. The second kappa shape index (κ2) is 5.16. The van der Waals surface area contributed by atoms with Crippen molar-refractivity contribution in [2.45, 2.75) is 19.0 Å². The molecule has 0 saturated carbocycles. The van der Waals surface area contributed by atoms with Crippen molar-refractivity contribution in [2.24, 2.45) is 4.99 Å². The number of imide groups is 1. The van der Waals surface area contributed by atoms with Crippen LogP contribution in [-0.4, -0.2) is 29.1 Å². The fourth-order valence-electron chi connectivity index (χ4n) is 2.22. The number of rotatable bonds is 1. The molecule has 2 aliphatic heterocycles. The van der Waals surface area contributed by atoms with E-state index in [-0.39, 0.29) is 42.5 Å². The van der Waals surface area contributed by atoms with E-state index in [0.29, 0.717) is 0 Å². The Balaban J connectivity index is 0.00000147. The average molecular weight is 302 g/mol. The van der Waals surface area contributed by atoms with E-state index >= 15 is 0 Å². The molecule has 0 aromatic heterocycles. The first-order valence-corrected chi connectivity index (χ1v) is 5.66. The summed E-state index contributed by atoms with van der Waals surface area (Å²) in [6, 6.07) is 1.22. The quantitative estimate of drug-likeness (QED) is 0.795. The van der Waals surface area contributed by atoms with Gasteiger partial charge in [0.2, 0.25) is 11.8 Å². The van der Waals surface area contributed by atoms with Crippen LogP contribution in [0, 0.1) is 11.6 Å². The van der Waals surface area contributed by atoms with Crippen molar-refractivity contribution in [2.75, 3.05) is 0 Å². The average Bonchev–Trinajstić information content (AvgIpc) is 2.68. The molecular formula is C12H10ClF2N3O2. The van der Waals surface area contributed by atoms with Gasteiger partial charge in [-0.2, -0.15) is 0 Å². The highest BCUT2D eigenvalue weighted by molar-refractivity contribution is 6.06. The van der Waals surface area contributed by atoms with E-state index < -0.39 is 23.6 Å². The lowest BCUT2D eigenvalue weighted by atomic mass is 10.1. The summed E-state index contributed by atoms with van der Waals surface area (Å²) in [5, 5.41) is 2.18. The zero-order valence-electron chi connectivity index (χ0n) is 10.1. The number of benzene rings is 1. The molecule has 8 heteroatoms. The standard InChI is InChI=1S/C12H9F2N3O2.ClH/c13-6-1-8(14)7-4-17(5-15-9(7)2-6)10-3-11(18)16-12(10)19;/h1-2,5,10H,3-4H2,(H,16,18,19);1H. The first-order chi connectivity index (χ1) is 9.04. The van der Waals surface area contributed by atoms with Crippen LogP contribution in [0.15, 0.2) is 17.1 Å². The summed E-state index contributed by atoms with van der Waals surface area (Å²) in [6.45, 7) is 0.0797. The second-order valence-electron chi connectivity index (χ2n) is 4.43. The third-order valence-corrected chi connectivity index (χ3v) is 3.17. The van der Waals surface area contributed by atoms with Gasteiger partial charge in [-0.3, -0.25) is 14.9 Å². The number of nitrogens with one attached hydrogen (secondary N) is 1. The van der Waals surface area contributed by atoms with Crippen LogP contribution in [0.5, 0.6) is 0 Å². The summed E-state index contributed by atoms with van der Waals surface area (Å²) in [5.74, 6) is -2.20. The molecule has 1 fully saturated rings. The molecule has 2 heterocycles. The summed E-state index contributed by atoms with van der Waals surface area (Å²) in [5.41, 5.74) is 0.425. The summed E-state index contributed by atoms with van der Waals surface area (Å²) >= 11 is 0. The number of carbonyl (C=O) groups excluding carboxylic acids is 2. The maximum atomic E-state index is 13.7.